The van der Waals surface area contributed by atoms with Crippen LogP contribution < -0.4 is 5.73 Å². The molecule has 3 N–H and O–H groups in total. The number of aliphatic hydroxyl groups is 1. The van der Waals surface area contributed by atoms with E-state index in [9.17, 15) is 14.7 Å². The number of carbonyl (C=O) groups is 2. The molecule has 5 aliphatic carbocycles. The average molecular weight is 647 g/mol. The van der Waals surface area contributed by atoms with Gasteiger partial charge in [-0.05, 0) is 130 Å². The van der Waals surface area contributed by atoms with Crippen molar-refractivity contribution in [3.8, 4) is 0 Å². The lowest BCUT2D eigenvalue weighted by molar-refractivity contribution is -0.247. The third kappa shape index (κ3) is 4.94. The minimum atomic E-state index is -1.15. The number of carbonyl (C=O) groups excluding carboxylic acids is 2. The molecular formula is C37H62N2O7. The lowest BCUT2D eigenvalue weighted by atomic mass is 9.46. The fourth-order valence-corrected chi connectivity index (χ4v) is 13.0. The molecule has 0 radical (unpaired) electrons. The van der Waals surface area contributed by atoms with Crippen LogP contribution in [0.25, 0.3) is 0 Å². The van der Waals surface area contributed by atoms with E-state index in [0.717, 1.165) is 31.6 Å². The summed E-state index contributed by atoms with van der Waals surface area (Å²) in [7, 11) is 0. The van der Waals surface area contributed by atoms with Gasteiger partial charge in [-0.25, -0.2) is 0 Å². The maximum Gasteiger partial charge on any atom is 0.303 e. The van der Waals surface area contributed by atoms with Gasteiger partial charge in [-0.3, -0.25) is 14.5 Å². The summed E-state index contributed by atoms with van der Waals surface area (Å²) in [5, 5.41) is 10.9. The molecule has 7 rings (SSSR count). The van der Waals surface area contributed by atoms with Crippen LogP contribution in [0.4, 0.5) is 0 Å². The molecule has 7 fully saturated rings. The minimum absolute atomic E-state index is 0. The third-order valence-corrected chi connectivity index (χ3v) is 15.2. The Balaban J connectivity index is 0.00000386. The molecule has 10 unspecified atom stereocenters. The zero-order valence-corrected chi connectivity index (χ0v) is 29.4. The molecule has 0 aromatic rings. The first-order valence-electron chi connectivity index (χ1n) is 18.4. The molecule has 13 atom stereocenters. The van der Waals surface area contributed by atoms with Gasteiger partial charge in [0, 0.05) is 14.9 Å². The normalized spacial score (nSPS) is 47.7. The summed E-state index contributed by atoms with van der Waals surface area (Å²) in [4.78, 5) is 25.9. The fourth-order valence-electron chi connectivity index (χ4n) is 13.0. The maximum atomic E-state index is 11.9. The Bertz CT molecular complexity index is 1230. The molecule has 9 nitrogen and oxygen atoms in total. The van der Waals surface area contributed by atoms with Crippen LogP contribution in [0, 0.1) is 45.3 Å². The van der Waals surface area contributed by atoms with Crippen molar-refractivity contribution in [1.29, 1.82) is 0 Å². The Hall–Kier alpha value is -1.26. The zero-order chi connectivity index (χ0) is 33.0. The van der Waals surface area contributed by atoms with Crippen molar-refractivity contribution in [2.75, 3.05) is 19.7 Å². The van der Waals surface area contributed by atoms with Crippen LogP contribution in [0.2, 0.25) is 0 Å². The first-order valence-corrected chi connectivity index (χ1v) is 18.4. The molecule has 0 bridgehead atoms. The van der Waals surface area contributed by atoms with Gasteiger partial charge < -0.3 is 29.8 Å². The number of fused-ring (bicyclic) bond motifs is 4. The molecule has 46 heavy (non-hydrogen) atoms. The van der Waals surface area contributed by atoms with E-state index in [-0.39, 0.29) is 54.8 Å². The summed E-state index contributed by atoms with van der Waals surface area (Å²) in [6, 6.07) is -0.316. The van der Waals surface area contributed by atoms with Crippen molar-refractivity contribution in [1.82, 2.24) is 4.90 Å². The largest absolute Gasteiger partial charge is 0.457 e. The number of hydrogen-bond donors (Lipinski definition) is 2. The van der Waals surface area contributed by atoms with E-state index in [1.165, 1.54) is 45.4 Å². The van der Waals surface area contributed by atoms with Gasteiger partial charge in [0.1, 0.15) is 0 Å². The van der Waals surface area contributed by atoms with E-state index in [1.807, 2.05) is 6.92 Å². The summed E-state index contributed by atoms with van der Waals surface area (Å²) < 4.78 is 25.4. The van der Waals surface area contributed by atoms with Gasteiger partial charge in [0.2, 0.25) is 5.91 Å². The lowest BCUT2D eigenvalue weighted by Gasteiger charge is -2.60. The predicted octanol–water partition coefficient (Wildman–Crippen LogP) is 5.06. The molecule has 2 saturated heterocycles. The number of nitrogens with two attached hydrogens (primary N) is 1. The number of amides is 1. The van der Waals surface area contributed by atoms with Gasteiger partial charge >= 0.3 is 5.97 Å². The first kappa shape index (κ1) is 33.2. The fraction of sp³-hybridized carbons (Fsp3) is 0.946. The highest BCUT2D eigenvalue weighted by Crippen LogP contribution is 2.87. The number of primary amides is 1. The Morgan fingerprint density at radius 1 is 1.02 bits per heavy atom. The lowest BCUT2D eigenvalue weighted by Crippen LogP contribution is -2.57. The van der Waals surface area contributed by atoms with E-state index in [4.69, 9.17) is 24.7 Å². The molecular weight excluding hydrogens is 584 g/mol. The molecule has 1 amide bonds. The van der Waals surface area contributed by atoms with Gasteiger partial charge in [-0.15, -0.1) is 0 Å². The van der Waals surface area contributed by atoms with Gasteiger partial charge in [-0.1, -0.05) is 20.8 Å². The zero-order valence-electron chi connectivity index (χ0n) is 29.4. The van der Waals surface area contributed by atoms with Gasteiger partial charge in [-0.2, -0.15) is 0 Å². The summed E-state index contributed by atoms with van der Waals surface area (Å²) in [5.41, 5.74) is 5.66. The monoisotopic (exact) mass is 646 g/mol. The van der Waals surface area contributed by atoms with Gasteiger partial charge in [0.05, 0.1) is 43.1 Å². The number of hydrogen-bond acceptors (Lipinski definition) is 8. The highest BCUT2D eigenvalue weighted by Gasteiger charge is 2.80. The molecule has 2 spiro atoms. The van der Waals surface area contributed by atoms with E-state index in [1.54, 1.807) is 13.8 Å². The topological polar surface area (TPSA) is 121 Å². The van der Waals surface area contributed by atoms with E-state index < -0.39 is 11.7 Å². The highest BCUT2D eigenvalue weighted by molar-refractivity contribution is 5.79. The minimum Gasteiger partial charge on any atom is -0.457 e. The third-order valence-electron chi connectivity index (χ3n) is 15.2. The number of esters is 1. The van der Waals surface area contributed by atoms with Crippen molar-refractivity contribution in [2.24, 2.45) is 51.1 Å². The second kappa shape index (κ2) is 11.1. The Morgan fingerprint density at radius 3 is 2.46 bits per heavy atom. The molecule has 7 aliphatic rings. The van der Waals surface area contributed by atoms with Crippen molar-refractivity contribution < 1.29 is 35.1 Å². The number of nitrogens with zero attached hydrogens (tertiary/aromatic N) is 1. The smallest absolute Gasteiger partial charge is 0.303 e. The molecule has 9 heteroatoms. The molecule has 262 valence electrons. The van der Waals surface area contributed by atoms with E-state index in [2.05, 4.69) is 25.7 Å². The van der Waals surface area contributed by atoms with Crippen molar-refractivity contribution in [3.63, 3.8) is 0 Å². The molecule has 5 saturated carbocycles. The average Bonchev–Trinajstić information content (AvgIpc) is 3.56. The molecule has 0 aromatic carbocycles. The van der Waals surface area contributed by atoms with Gasteiger partial charge in [0.25, 0.3) is 0 Å². The summed E-state index contributed by atoms with van der Waals surface area (Å²) in [6.45, 7) is 16.1. The number of morpholine rings is 1. The molecule has 2 aliphatic heterocycles. The van der Waals surface area contributed by atoms with Crippen molar-refractivity contribution >= 4 is 11.9 Å². The highest BCUT2D eigenvalue weighted by atomic mass is 16.7. The van der Waals surface area contributed by atoms with Crippen LogP contribution in [0.3, 0.4) is 0 Å². The molecule has 0 aromatic heterocycles. The first-order chi connectivity index (χ1) is 21.5. The van der Waals surface area contributed by atoms with Crippen LogP contribution in [0.1, 0.15) is 114 Å². The van der Waals surface area contributed by atoms with Crippen LogP contribution in [0.15, 0.2) is 0 Å². The second-order valence-electron chi connectivity index (χ2n) is 18.0. The van der Waals surface area contributed by atoms with Crippen molar-refractivity contribution in [3.05, 3.63) is 0 Å². The van der Waals surface area contributed by atoms with E-state index in [0.29, 0.717) is 48.3 Å². The maximum absolute atomic E-state index is 11.9. The predicted molar refractivity (Wildman–Crippen MR) is 174 cm³/mol. The van der Waals surface area contributed by atoms with Crippen molar-refractivity contribution in [2.45, 2.75) is 155 Å². The summed E-state index contributed by atoms with van der Waals surface area (Å²) >= 11 is 0. The summed E-state index contributed by atoms with van der Waals surface area (Å²) in [6.07, 6.45) is 10.9. The molecule has 2 heterocycles. The number of rotatable bonds is 7. The van der Waals surface area contributed by atoms with Crippen LogP contribution in [-0.4, -0.2) is 83.9 Å². The Kier molecular flexibility index (Phi) is 8.04. The van der Waals surface area contributed by atoms with Gasteiger partial charge in [0.15, 0.2) is 12.4 Å². The summed E-state index contributed by atoms with van der Waals surface area (Å²) in [5.74, 6) is 1.92. The second-order valence-corrected chi connectivity index (χ2v) is 18.0. The van der Waals surface area contributed by atoms with Crippen LogP contribution in [-0.2, 0) is 28.5 Å². The standard InChI is InChI=1S/C37H60N2O7.H2/c1-21(32(38)41)39-16-17-43-30(19-39)46-29-12-13-37-20-36(37)15-14-35(7)24-8-10-26(31(34(5,6)42)44-22(2)40)45-27(24)18-25(35)23(36)9-11-28(37)33(29,3)4;/h21,23-31,42H,8-20H2,1-7H3,(H2,38,41);1H/t21?,23?,24?,25?,26?,27?,28?,29-,30?,31-,35?,36-,37?;/m0./s1. The quantitative estimate of drug-likeness (QED) is 0.369. The Labute approximate surface area is 277 Å². The SMILES string of the molecule is CC(=O)O[C@@H](C1CCC2C(CC3C4CCC5C(C)(C)[C@@H](OC6CN(C(C)C(N)=O)CCO6)CCC56C[C@@]46CCC23C)O1)C(C)(C)O.[HH]. The van der Waals surface area contributed by atoms with Crippen LogP contribution >= 0.6 is 0 Å². The number of ether oxygens (including phenoxy) is 4. The Morgan fingerprint density at radius 2 is 1.76 bits per heavy atom. The van der Waals surface area contributed by atoms with E-state index >= 15 is 0 Å². The van der Waals surface area contributed by atoms with Crippen LogP contribution in [0.5, 0.6) is 0 Å².